The molecule has 0 spiro atoms. The van der Waals surface area contributed by atoms with E-state index in [0.717, 1.165) is 70.4 Å². The fourth-order valence-corrected chi connectivity index (χ4v) is 3.83. The third-order valence-electron chi connectivity index (χ3n) is 6.04. The third kappa shape index (κ3) is 7.89. The van der Waals surface area contributed by atoms with Gasteiger partial charge in [-0.25, -0.2) is 0 Å². The van der Waals surface area contributed by atoms with Crippen molar-refractivity contribution in [2.45, 2.75) is 60.3 Å². The summed E-state index contributed by atoms with van der Waals surface area (Å²) in [5, 5.41) is 12.9. The van der Waals surface area contributed by atoms with Crippen molar-refractivity contribution in [3.63, 3.8) is 0 Å². The molecule has 2 N–H and O–H groups in total. The van der Waals surface area contributed by atoms with Crippen LogP contribution in [0.25, 0.3) is 0 Å². The maximum atomic E-state index is 9.43. The van der Waals surface area contributed by atoms with Gasteiger partial charge in [-0.05, 0) is 57.0 Å². The van der Waals surface area contributed by atoms with Gasteiger partial charge in [0.1, 0.15) is 0 Å². The van der Waals surface area contributed by atoms with Gasteiger partial charge in [0.2, 0.25) is 0 Å². The Morgan fingerprint density at radius 2 is 1.85 bits per heavy atom. The van der Waals surface area contributed by atoms with Crippen LogP contribution in [-0.2, 0) is 0 Å². The first kappa shape index (κ1) is 25.9. The van der Waals surface area contributed by atoms with Crippen molar-refractivity contribution >= 4 is 29.9 Å². The highest BCUT2D eigenvalue weighted by Crippen LogP contribution is 2.31. The molecule has 0 bridgehead atoms. The van der Waals surface area contributed by atoms with E-state index in [2.05, 4.69) is 49.7 Å². The predicted molar refractivity (Wildman–Crippen MR) is 124 cm³/mol. The molecular formula is C20H43IN4O. The molecule has 0 aliphatic carbocycles. The highest BCUT2D eigenvalue weighted by Gasteiger charge is 2.28. The molecule has 0 aromatic carbocycles. The number of likely N-dealkylation sites (tertiary alicyclic amines) is 1. The van der Waals surface area contributed by atoms with E-state index in [9.17, 15) is 5.11 Å². The molecule has 0 aromatic heterocycles. The highest BCUT2D eigenvalue weighted by atomic mass is 127. The van der Waals surface area contributed by atoms with Crippen LogP contribution in [0.15, 0.2) is 4.99 Å². The van der Waals surface area contributed by atoms with Crippen LogP contribution in [0.1, 0.15) is 60.3 Å². The molecule has 156 valence electrons. The lowest BCUT2D eigenvalue weighted by atomic mass is 9.79. The van der Waals surface area contributed by atoms with Gasteiger partial charge in [0.15, 0.2) is 5.96 Å². The maximum absolute atomic E-state index is 9.43. The molecule has 1 aliphatic rings. The smallest absolute Gasteiger partial charge is 0.193 e. The SMILES string of the molecule is CCNC(=NCC(CC)(CC)CCO)N1CCC(CN(CC)CC)C1.I. The Kier molecular flexibility index (Phi) is 14.0. The number of halogens is 1. The van der Waals surface area contributed by atoms with Gasteiger partial charge in [-0.2, -0.15) is 0 Å². The van der Waals surface area contributed by atoms with Gasteiger partial charge in [-0.15, -0.1) is 24.0 Å². The number of aliphatic hydroxyl groups excluding tert-OH is 1. The largest absolute Gasteiger partial charge is 0.396 e. The molecule has 1 heterocycles. The van der Waals surface area contributed by atoms with Crippen LogP contribution >= 0.6 is 24.0 Å². The first-order chi connectivity index (χ1) is 12.1. The van der Waals surface area contributed by atoms with E-state index >= 15 is 0 Å². The van der Waals surface area contributed by atoms with Crippen molar-refractivity contribution in [2.75, 3.05) is 52.4 Å². The molecule has 0 saturated carbocycles. The molecule has 6 heteroatoms. The molecule has 1 aliphatic heterocycles. The first-order valence-electron chi connectivity index (χ1n) is 10.4. The number of hydrogen-bond donors (Lipinski definition) is 2. The van der Waals surface area contributed by atoms with Gasteiger partial charge in [0.25, 0.3) is 0 Å². The van der Waals surface area contributed by atoms with E-state index in [4.69, 9.17) is 4.99 Å². The van der Waals surface area contributed by atoms with Gasteiger partial charge in [-0.1, -0.05) is 27.7 Å². The zero-order valence-electron chi connectivity index (χ0n) is 17.8. The van der Waals surface area contributed by atoms with Crippen LogP contribution in [0, 0.1) is 11.3 Å². The van der Waals surface area contributed by atoms with Crippen molar-refractivity contribution in [1.82, 2.24) is 15.1 Å². The minimum absolute atomic E-state index is 0. The number of nitrogens with one attached hydrogen (secondary N) is 1. The molecule has 1 saturated heterocycles. The molecule has 0 radical (unpaired) electrons. The summed E-state index contributed by atoms with van der Waals surface area (Å²) in [6, 6.07) is 0. The summed E-state index contributed by atoms with van der Waals surface area (Å²) in [5.41, 5.74) is 0.135. The number of aliphatic hydroxyl groups is 1. The van der Waals surface area contributed by atoms with Crippen molar-refractivity contribution in [2.24, 2.45) is 16.3 Å². The van der Waals surface area contributed by atoms with E-state index < -0.39 is 0 Å². The van der Waals surface area contributed by atoms with Gasteiger partial charge >= 0.3 is 0 Å². The lowest BCUT2D eigenvalue weighted by Gasteiger charge is -2.30. The minimum Gasteiger partial charge on any atom is -0.396 e. The van der Waals surface area contributed by atoms with Crippen LogP contribution in [0.4, 0.5) is 0 Å². The van der Waals surface area contributed by atoms with E-state index in [-0.39, 0.29) is 36.0 Å². The summed E-state index contributed by atoms with van der Waals surface area (Å²) in [5.74, 6) is 1.80. The average Bonchev–Trinajstić information content (AvgIpc) is 3.10. The van der Waals surface area contributed by atoms with Crippen molar-refractivity contribution in [3.8, 4) is 0 Å². The fraction of sp³-hybridized carbons (Fsp3) is 0.950. The van der Waals surface area contributed by atoms with E-state index in [1.807, 2.05) is 0 Å². The Bertz CT molecular complexity index is 384. The molecule has 0 amide bonds. The Morgan fingerprint density at radius 3 is 2.35 bits per heavy atom. The average molecular weight is 482 g/mol. The van der Waals surface area contributed by atoms with Crippen molar-refractivity contribution < 1.29 is 5.11 Å². The van der Waals surface area contributed by atoms with E-state index in [1.54, 1.807) is 0 Å². The topological polar surface area (TPSA) is 51.1 Å². The van der Waals surface area contributed by atoms with Gasteiger partial charge in [-0.3, -0.25) is 4.99 Å². The number of guanidine groups is 1. The molecule has 1 unspecified atom stereocenters. The van der Waals surface area contributed by atoms with E-state index in [1.165, 1.54) is 13.0 Å². The Labute approximate surface area is 179 Å². The summed E-state index contributed by atoms with van der Waals surface area (Å²) in [4.78, 5) is 9.95. The first-order valence-corrected chi connectivity index (χ1v) is 10.4. The summed E-state index contributed by atoms with van der Waals surface area (Å²) in [7, 11) is 0. The second-order valence-electron chi connectivity index (χ2n) is 7.44. The third-order valence-corrected chi connectivity index (χ3v) is 6.04. The van der Waals surface area contributed by atoms with Crippen LogP contribution in [0.5, 0.6) is 0 Å². The van der Waals surface area contributed by atoms with Gasteiger partial charge < -0.3 is 20.2 Å². The molecule has 1 atom stereocenters. The number of nitrogens with zero attached hydrogens (tertiary/aromatic N) is 3. The summed E-state index contributed by atoms with van der Waals surface area (Å²) in [6.45, 7) is 18.7. The second kappa shape index (κ2) is 14.0. The Balaban J connectivity index is 0.00000625. The van der Waals surface area contributed by atoms with E-state index in [0.29, 0.717) is 0 Å². The lowest BCUT2D eigenvalue weighted by Crippen LogP contribution is -2.41. The van der Waals surface area contributed by atoms with Crippen molar-refractivity contribution in [1.29, 1.82) is 0 Å². The quantitative estimate of drug-likeness (QED) is 0.269. The summed E-state index contributed by atoms with van der Waals surface area (Å²) >= 11 is 0. The normalized spacial score (nSPS) is 18.3. The number of rotatable bonds is 11. The number of hydrogen-bond acceptors (Lipinski definition) is 3. The standard InChI is InChI=1S/C20H42N4O.HI/c1-6-20(7-2,12-14-25)17-22-19(21-8-3)24-13-11-18(16-24)15-23(9-4)10-5;/h18,25H,6-17H2,1-5H3,(H,21,22);1H. The van der Waals surface area contributed by atoms with Crippen LogP contribution in [-0.4, -0.2) is 73.3 Å². The molecule has 5 nitrogen and oxygen atoms in total. The zero-order chi connectivity index (χ0) is 18.7. The molecule has 0 aromatic rings. The van der Waals surface area contributed by atoms with Crippen LogP contribution in [0.2, 0.25) is 0 Å². The molecule has 1 fully saturated rings. The lowest BCUT2D eigenvalue weighted by molar-refractivity contribution is 0.175. The fourth-order valence-electron chi connectivity index (χ4n) is 3.83. The minimum atomic E-state index is 0. The summed E-state index contributed by atoms with van der Waals surface area (Å²) in [6.07, 6.45) is 4.23. The Hall–Kier alpha value is -0.0800. The number of aliphatic imine (C=N–C) groups is 1. The van der Waals surface area contributed by atoms with Gasteiger partial charge in [0, 0.05) is 39.3 Å². The van der Waals surface area contributed by atoms with Crippen LogP contribution < -0.4 is 5.32 Å². The predicted octanol–water partition coefficient (Wildman–Crippen LogP) is 3.42. The maximum Gasteiger partial charge on any atom is 0.193 e. The molecule has 1 rings (SSSR count). The molecule has 26 heavy (non-hydrogen) atoms. The van der Waals surface area contributed by atoms with Crippen LogP contribution in [0.3, 0.4) is 0 Å². The Morgan fingerprint density at radius 1 is 1.19 bits per heavy atom. The zero-order valence-corrected chi connectivity index (χ0v) is 20.1. The highest BCUT2D eigenvalue weighted by molar-refractivity contribution is 14.0. The molecular weight excluding hydrogens is 439 g/mol. The monoisotopic (exact) mass is 482 g/mol. The van der Waals surface area contributed by atoms with Gasteiger partial charge in [0.05, 0.1) is 0 Å². The summed E-state index contributed by atoms with van der Waals surface area (Å²) < 4.78 is 0. The van der Waals surface area contributed by atoms with Crippen molar-refractivity contribution in [3.05, 3.63) is 0 Å². The second-order valence-corrected chi connectivity index (χ2v) is 7.44.